The van der Waals surface area contributed by atoms with Crippen LogP contribution < -0.4 is 0 Å². The quantitative estimate of drug-likeness (QED) is 0.489. The van der Waals surface area contributed by atoms with E-state index < -0.39 is 0 Å². The Kier molecular flexibility index (Phi) is 6.03. The first-order chi connectivity index (χ1) is 13.9. The van der Waals surface area contributed by atoms with E-state index in [2.05, 4.69) is 78.9 Å². The summed E-state index contributed by atoms with van der Waals surface area (Å²) < 4.78 is 0. The van der Waals surface area contributed by atoms with E-state index in [1.165, 1.54) is 11.1 Å². The first-order valence-electron chi connectivity index (χ1n) is 10.1. The molecule has 0 fully saturated rings. The summed E-state index contributed by atoms with van der Waals surface area (Å²) in [4.78, 5) is 14.9. The van der Waals surface area contributed by atoms with Crippen LogP contribution in [0, 0.1) is 0 Å². The second-order valence-electron chi connectivity index (χ2n) is 7.49. The van der Waals surface area contributed by atoms with Crippen LogP contribution in [0.25, 0.3) is 0 Å². The predicted molar refractivity (Wildman–Crippen MR) is 114 cm³/mol. The van der Waals surface area contributed by atoms with Crippen molar-refractivity contribution in [3.63, 3.8) is 0 Å². The number of aromatic nitrogens is 1. The molecular weight excluding hydrogens is 406 g/mol. The summed E-state index contributed by atoms with van der Waals surface area (Å²) in [6, 6.07) is 27.9. The van der Waals surface area contributed by atoms with Gasteiger partial charge in [0.15, 0.2) is 0 Å². The zero-order chi connectivity index (χ0) is 18.8. The average molecular weight is 429 g/mol. The van der Waals surface area contributed by atoms with Crippen LogP contribution in [0.5, 0.6) is 0 Å². The van der Waals surface area contributed by atoms with Gasteiger partial charge in [-0.25, -0.2) is 4.98 Å². The molecule has 0 bridgehead atoms. The van der Waals surface area contributed by atoms with Crippen molar-refractivity contribution in [2.75, 3.05) is 0 Å². The molecule has 2 aliphatic heterocycles. The van der Waals surface area contributed by atoms with E-state index in [9.17, 15) is 0 Å². The molecule has 1 radical (unpaired) electrons. The Labute approximate surface area is 182 Å². The van der Waals surface area contributed by atoms with E-state index in [0.717, 1.165) is 48.5 Å². The minimum atomic E-state index is 0. The zero-order valence-corrected chi connectivity index (χ0v) is 17.1. The number of hydrogen-bond acceptors (Lipinski definition) is 3. The van der Waals surface area contributed by atoms with Gasteiger partial charge in [-0.15, -0.1) is 0 Å². The Bertz CT molecular complexity index is 947. The van der Waals surface area contributed by atoms with E-state index in [4.69, 9.17) is 15.0 Å². The molecule has 3 heterocycles. The summed E-state index contributed by atoms with van der Waals surface area (Å²) >= 11 is 0. The first-order valence-corrected chi connectivity index (χ1v) is 10.1. The predicted octanol–water partition coefficient (Wildman–Crippen LogP) is 5.73. The minimum Gasteiger partial charge on any atom is -0.279 e. The number of nitrogens with zero attached hydrogens (tertiary/aromatic N) is 3. The maximum absolute atomic E-state index is 4.97. The van der Waals surface area contributed by atoms with Gasteiger partial charge in [0.05, 0.1) is 34.9 Å². The van der Waals surface area contributed by atoms with Gasteiger partial charge >= 0.3 is 0 Å². The normalized spacial score (nSPS) is 20.7. The van der Waals surface area contributed by atoms with Crippen LogP contribution in [0.4, 0.5) is 0 Å². The fourth-order valence-corrected chi connectivity index (χ4v) is 4.16. The molecule has 2 atom stereocenters. The molecule has 0 amide bonds. The molecule has 149 valence electrons. The third kappa shape index (κ3) is 4.24. The van der Waals surface area contributed by atoms with Crippen molar-refractivity contribution >= 4 is 11.4 Å². The third-order valence-electron chi connectivity index (χ3n) is 5.64. The van der Waals surface area contributed by atoms with Crippen molar-refractivity contribution in [3.05, 3.63) is 101 Å². The van der Waals surface area contributed by atoms with E-state index in [0.29, 0.717) is 0 Å². The van der Waals surface area contributed by atoms with Crippen molar-refractivity contribution in [3.8, 4) is 0 Å². The summed E-state index contributed by atoms with van der Waals surface area (Å²) in [6.07, 6.45) is 4.08. The molecule has 0 unspecified atom stereocenters. The van der Waals surface area contributed by atoms with Gasteiger partial charge in [0.25, 0.3) is 0 Å². The van der Waals surface area contributed by atoms with E-state index in [1.807, 2.05) is 0 Å². The van der Waals surface area contributed by atoms with Crippen LogP contribution >= 0.6 is 0 Å². The van der Waals surface area contributed by atoms with Gasteiger partial charge in [-0.05, 0) is 48.9 Å². The van der Waals surface area contributed by atoms with Gasteiger partial charge in [0.1, 0.15) is 0 Å². The van der Waals surface area contributed by atoms with Gasteiger partial charge < -0.3 is 0 Å². The fraction of sp³-hybridized carbons (Fsp3) is 0.240. The SMILES string of the molecule is [Cu].c1ccc([C@H]2CCC(c3cccc(C4=N[C@@H](c5ccccc5)CC4)n3)=N2)cc1. The van der Waals surface area contributed by atoms with Crippen LogP contribution in [0.2, 0.25) is 0 Å². The number of hydrogen-bond donors (Lipinski definition) is 0. The molecule has 29 heavy (non-hydrogen) atoms. The van der Waals surface area contributed by atoms with Gasteiger partial charge in [0, 0.05) is 17.1 Å². The fourth-order valence-electron chi connectivity index (χ4n) is 4.16. The third-order valence-corrected chi connectivity index (χ3v) is 5.64. The van der Waals surface area contributed by atoms with Crippen molar-refractivity contribution < 1.29 is 17.1 Å². The smallest absolute Gasteiger partial charge is 0.0848 e. The van der Waals surface area contributed by atoms with Crippen LogP contribution in [0.15, 0.2) is 88.8 Å². The summed E-state index contributed by atoms with van der Waals surface area (Å²) in [7, 11) is 0. The maximum Gasteiger partial charge on any atom is 0.0848 e. The number of rotatable bonds is 4. The van der Waals surface area contributed by atoms with E-state index in [-0.39, 0.29) is 29.2 Å². The Balaban J connectivity index is 0.00000205. The standard InChI is InChI=1S/C25H23N3.Cu/c1-3-8-18(9-4-1)20-14-16-24(26-20)22-12-7-13-23(28-22)25-17-15-21(27-25)19-10-5-2-6-11-19;/h1-13,20-21H,14-17H2;/t20-,21-;/m1./s1. The van der Waals surface area contributed by atoms with Gasteiger partial charge in [-0.1, -0.05) is 66.7 Å². The first kappa shape index (κ1) is 19.8. The second kappa shape index (κ2) is 8.85. The van der Waals surface area contributed by atoms with Crippen LogP contribution in [-0.4, -0.2) is 16.4 Å². The summed E-state index contributed by atoms with van der Waals surface area (Å²) in [5.41, 5.74) is 6.82. The van der Waals surface area contributed by atoms with Crippen molar-refractivity contribution in [2.45, 2.75) is 37.8 Å². The van der Waals surface area contributed by atoms with Gasteiger partial charge in [-0.3, -0.25) is 9.98 Å². The molecule has 4 heteroatoms. The molecule has 0 spiro atoms. The molecule has 0 saturated carbocycles. The van der Waals surface area contributed by atoms with Gasteiger partial charge in [-0.2, -0.15) is 0 Å². The van der Waals surface area contributed by atoms with E-state index >= 15 is 0 Å². The van der Waals surface area contributed by atoms with Crippen molar-refractivity contribution in [2.24, 2.45) is 9.98 Å². The Morgan fingerprint density at radius 3 is 1.45 bits per heavy atom. The molecule has 0 N–H and O–H groups in total. The molecular formula is C25H23CuN3. The van der Waals surface area contributed by atoms with Crippen LogP contribution in [0.1, 0.15) is 60.3 Å². The molecule has 1 aromatic heterocycles. The largest absolute Gasteiger partial charge is 0.279 e. The second-order valence-corrected chi connectivity index (χ2v) is 7.49. The Morgan fingerprint density at radius 1 is 0.552 bits per heavy atom. The summed E-state index contributed by atoms with van der Waals surface area (Å²) in [5.74, 6) is 0. The molecule has 0 saturated heterocycles. The topological polar surface area (TPSA) is 37.6 Å². The molecule has 0 aliphatic carbocycles. The molecule has 3 nitrogen and oxygen atoms in total. The molecule has 5 rings (SSSR count). The minimum absolute atomic E-state index is 0. The van der Waals surface area contributed by atoms with Crippen LogP contribution in [0.3, 0.4) is 0 Å². The Hall–Kier alpha value is -2.55. The maximum atomic E-state index is 4.97. The zero-order valence-electron chi connectivity index (χ0n) is 16.1. The average Bonchev–Trinajstić information content (AvgIpc) is 3.46. The van der Waals surface area contributed by atoms with Crippen molar-refractivity contribution in [1.29, 1.82) is 0 Å². The number of pyridine rings is 1. The number of aliphatic imine (C=N–C) groups is 2. The Morgan fingerprint density at radius 2 is 1.00 bits per heavy atom. The summed E-state index contributed by atoms with van der Waals surface area (Å²) in [6.45, 7) is 0. The monoisotopic (exact) mass is 428 g/mol. The molecule has 2 aliphatic rings. The van der Waals surface area contributed by atoms with Crippen molar-refractivity contribution in [1.82, 2.24) is 4.98 Å². The molecule has 2 aromatic carbocycles. The number of benzene rings is 2. The summed E-state index contributed by atoms with van der Waals surface area (Å²) in [5, 5.41) is 0. The van der Waals surface area contributed by atoms with Gasteiger partial charge in [0.2, 0.25) is 0 Å². The van der Waals surface area contributed by atoms with E-state index in [1.54, 1.807) is 0 Å². The van der Waals surface area contributed by atoms with Crippen LogP contribution in [-0.2, 0) is 17.1 Å². The molecule has 3 aromatic rings.